The first-order valence-corrected chi connectivity index (χ1v) is 5.85. The van der Waals surface area contributed by atoms with Crippen LogP contribution < -0.4 is 4.74 Å². The van der Waals surface area contributed by atoms with Gasteiger partial charge in [0.2, 0.25) is 0 Å². The Hall–Kier alpha value is -2.08. The molecule has 3 heteroatoms. The molecule has 2 aromatic rings. The van der Waals surface area contributed by atoms with Crippen molar-refractivity contribution < 1.29 is 4.74 Å². The van der Waals surface area contributed by atoms with E-state index in [9.17, 15) is 5.26 Å². The SMILES string of the molecule is COc1cccc2c(C#N)cc(C(C)(C)C)nc12. The maximum Gasteiger partial charge on any atom is 0.145 e. The second-order valence-electron chi connectivity index (χ2n) is 5.27. The summed E-state index contributed by atoms with van der Waals surface area (Å²) in [4.78, 5) is 4.65. The summed E-state index contributed by atoms with van der Waals surface area (Å²) in [7, 11) is 1.62. The number of pyridine rings is 1. The number of para-hydroxylation sites is 1. The molecule has 1 heterocycles. The van der Waals surface area contributed by atoms with Crippen molar-refractivity contribution in [3.8, 4) is 11.8 Å². The summed E-state index contributed by atoms with van der Waals surface area (Å²) < 4.78 is 5.32. The summed E-state index contributed by atoms with van der Waals surface area (Å²) in [5, 5.41) is 10.1. The first kappa shape index (κ1) is 12.4. The van der Waals surface area contributed by atoms with E-state index >= 15 is 0 Å². The van der Waals surface area contributed by atoms with Crippen molar-refractivity contribution in [2.24, 2.45) is 0 Å². The van der Waals surface area contributed by atoms with Gasteiger partial charge in [-0.15, -0.1) is 0 Å². The minimum Gasteiger partial charge on any atom is -0.494 e. The monoisotopic (exact) mass is 240 g/mol. The largest absolute Gasteiger partial charge is 0.494 e. The van der Waals surface area contributed by atoms with Gasteiger partial charge in [0.25, 0.3) is 0 Å². The molecule has 1 aromatic carbocycles. The van der Waals surface area contributed by atoms with Gasteiger partial charge in [-0.1, -0.05) is 32.9 Å². The number of aromatic nitrogens is 1. The predicted molar refractivity (Wildman–Crippen MR) is 71.7 cm³/mol. The summed E-state index contributed by atoms with van der Waals surface area (Å²) in [6, 6.07) is 9.74. The van der Waals surface area contributed by atoms with Crippen LogP contribution in [0.2, 0.25) is 0 Å². The molecule has 18 heavy (non-hydrogen) atoms. The van der Waals surface area contributed by atoms with Crippen molar-refractivity contribution in [2.45, 2.75) is 26.2 Å². The second-order valence-corrected chi connectivity index (χ2v) is 5.27. The maximum atomic E-state index is 9.27. The minimum absolute atomic E-state index is 0.0966. The van der Waals surface area contributed by atoms with E-state index in [2.05, 4.69) is 31.8 Å². The first-order valence-electron chi connectivity index (χ1n) is 5.85. The summed E-state index contributed by atoms with van der Waals surface area (Å²) in [6.45, 7) is 6.24. The van der Waals surface area contributed by atoms with Gasteiger partial charge in [0, 0.05) is 16.5 Å². The van der Waals surface area contributed by atoms with Crippen LogP contribution in [0, 0.1) is 11.3 Å². The zero-order valence-electron chi connectivity index (χ0n) is 11.1. The van der Waals surface area contributed by atoms with Gasteiger partial charge in [0.05, 0.1) is 18.7 Å². The molecule has 0 spiro atoms. The third-order valence-corrected chi connectivity index (χ3v) is 2.91. The number of benzene rings is 1. The third-order valence-electron chi connectivity index (χ3n) is 2.91. The fourth-order valence-corrected chi connectivity index (χ4v) is 1.86. The van der Waals surface area contributed by atoms with Crippen LogP contribution in [0.1, 0.15) is 32.0 Å². The molecule has 0 radical (unpaired) electrons. The molecule has 0 saturated carbocycles. The Morgan fingerprint density at radius 2 is 2.00 bits per heavy atom. The first-order chi connectivity index (χ1) is 8.47. The van der Waals surface area contributed by atoms with Crippen LogP contribution in [0.5, 0.6) is 5.75 Å². The third kappa shape index (κ3) is 2.02. The molecule has 0 unspecified atom stereocenters. The van der Waals surface area contributed by atoms with Gasteiger partial charge in [-0.3, -0.25) is 0 Å². The van der Waals surface area contributed by atoms with E-state index in [0.29, 0.717) is 11.3 Å². The molecule has 92 valence electrons. The second kappa shape index (κ2) is 4.30. The Balaban J connectivity index is 2.86. The van der Waals surface area contributed by atoms with E-state index in [1.54, 1.807) is 7.11 Å². The number of rotatable bonds is 1. The molecule has 0 bridgehead atoms. The molecule has 0 atom stereocenters. The van der Waals surface area contributed by atoms with Gasteiger partial charge in [-0.05, 0) is 12.1 Å². The molecule has 0 amide bonds. The number of ether oxygens (including phenoxy) is 1. The highest BCUT2D eigenvalue weighted by Crippen LogP contribution is 2.30. The highest BCUT2D eigenvalue weighted by Gasteiger charge is 2.19. The Morgan fingerprint density at radius 1 is 1.28 bits per heavy atom. The van der Waals surface area contributed by atoms with Crippen molar-refractivity contribution in [1.29, 1.82) is 5.26 Å². The average molecular weight is 240 g/mol. The van der Waals surface area contributed by atoms with Crippen LogP contribution in [0.15, 0.2) is 24.3 Å². The summed E-state index contributed by atoms with van der Waals surface area (Å²) in [6.07, 6.45) is 0. The molecule has 1 aromatic heterocycles. The highest BCUT2D eigenvalue weighted by atomic mass is 16.5. The highest BCUT2D eigenvalue weighted by molar-refractivity contribution is 5.89. The van der Waals surface area contributed by atoms with Crippen molar-refractivity contribution in [1.82, 2.24) is 4.98 Å². The molecule has 0 saturated heterocycles. The molecule has 0 aliphatic heterocycles. The van der Waals surface area contributed by atoms with Gasteiger partial charge < -0.3 is 4.74 Å². The van der Waals surface area contributed by atoms with E-state index in [1.165, 1.54) is 0 Å². The quantitative estimate of drug-likeness (QED) is 0.767. The van der Waals surface area contributed by atoms with Crippen LogP contribution in [0.3, 0.4) is 0 Å². The lowest BCUT2D eigenvalue weighted by molar-refractivity contribution is 0.418. The number of hydrogen-bond donors (Lipinski definition) is 0. The standard InChI is InChI=1S/C15H16N2O/c1-15(2,3)13-8-10(9-16)11-6-5-7-12(18-4)14(11)17-13/h5-8H,1-4H3. The lowest BCUT2D eigenvalue weighted by Crippen LogP contribution is -2.14. The normalized spacial score (nSPS) is 11.3. The van der Waals surface area contributed by atoms with Crippen LogP contribution in [-0.2, 0) is 5.41 Å². The van der Waals surface area contributed by atoms with Gasteiger partial charge >= 0.3 is 0 Å². The molecular weight excluding hydrogens is 224 g/mol. The topological polar surface area (TPSA) is 45.9 Å². The van der Waals surface area contributed by atoms with Gasteiger partial charge in [-0.25, -0.2) is 4.98 Å². The van der Waals surface area contributed by atoms with E-state index in [1.807, 2.05) is 24.3 Å². The Labute approximate surface area is 107 Å². The summed E-state index contributed by atoms with van der Waals surface area (Å²) >= 11 is 0. The van der Waals surface area contributed by atoms with Gasteiger partial charge in [0.15, 0.2) is 0 Å². The average Bonchev–Trinajstić information content (AvgIpc) is 2.35. The van der Waals surface area contributed by atoms with Crippen LogP contribution in [-0.4, -0.2) is 12.1 Å². The van der Waals surface area contributed by atoms with Crippen molar-refractivity contribution >= 4 is 10.9 Å². The van der Waals surface area contributed by atoms with Crippen molar-refractivity contribution in [2.75, 3.05) is 7.11 Å². The van der Waals surface area contributed by atoms with E-state index in [4.69, 9.17) is 4.74 Å². The van der Waals surface area contributed by atoms with Crippen LogP contribution in [0.25, 0.3) is 10.9 Å². The molecule has 0 aliphatic carbocycles. The predicted octanol–water partition coefficient (Wildman–Crippen LogP) is 3.41. The molecular formula is C15H16N2O. The molecule has 0 aliphatic rings. The molecule has 3 nitrogen and oxygen atoms in total. The minimum atomic E-state index is -0.0966. The summed E-state index contributed by atoms with van der Waals surface area (Å²) in [5.41, 5.74) is 2.20. The Kier molecular flexibility index (Phi) is 2.96. The number of methoxy groups -OCH3 is 1. The number of nitriles is 1. The van der Waals surface area contributed by atoms with E-state index in [-0.39, 0.29) is 5.41 Å². The fraction of sp³-hybridized carbons (Fsp3) is 0.333. The van der Waals surface area contributed by atoms with Gasteiger partial charge in [0.1, 0.15) is 11.3 Å². The lowest BCUT2D eigenvalue weighted by atomic mass is 9.90. The van der Waals surface area contributed by atoms with Crippen LogP contribution in [0.4, 0.5) is 0 Å². The lowest BCUT2D eigenvalue weighted by Gasteiger charge is -2.19. The van der Waals surface area contributed by atoms with Crippen LogP contribution >= 0.6 is 0 Å². The van der Waals surface area contributed by atoms with Crippen molar-refractivity contribution in [3.63, 3.8) is 0 Å². The number of fused-ring (bicyclic) bond motifs is 1. The maximum absolute atomic E-state index is 9.27. The van der Waals surface area contributed by atoms with E-state index in [0.717, 1.165) is 16.6 Å². The molecule has 0 fully saturated rings. The number of hydrogen-bond acceptors (Lipinski definition) is 3. The zero-order chi connectivity index (χ0) is 13.3. The Morgan fingerprint density at radius 3 is 2.56 bits per heavy atom. The molecule has 2 rings (SSSR count). The fourth-order valence-electron chi connectivity index (χ4n) is 1.86. The smallest absolute Gasteiger partial charge is 0.145 e. The van der Waals surface area contributed by atoms with Gasteiger partial charge in [-0.2, -0.15) is 5.26 Å². The molecule has 0 N–H and O–H groups in total. The van der Waals surface area contributed by atoms with Crippen molar-refractivity contribution in [3.05, 3.63) is 35.5 Å². The summed E-state index contributed by atoms with van der Waals surface area (Å²) in [5.74, 6) is 0.704. The zero-order valence-corrected chi connectivity index (χ0v) is 11.1. The number of nitrogens with zero attached hydrogens (tertiary/aromatic N) is 2. The van der Waals surface area contributed by atoms with E-state index < -0.39 is 0 Å². The Bertz CT molecular complexity index is 633.